The summed E-state index contributed by atoms with van der Waals surface area (Å²) >= 11 is 5.71. The minimum Gasteiger partial charge on any atom is -0.326 e. The summed E-state index contributed by atoms with van der Waals surface area (Å²) in [4.78, 5) is 6.39. The van der Waals surface area contributed by atoms with Crippen LogP contribution in [0, 0.1) is 0 Å². The third kappa shape index (κ3) is 2.44. The molecule has 76 valence electrons. The van der Waals surface area contributed by atoms with Gasteiger partial charge in [-0.2, -0.15) is 0 Å². The van der Waals surface area contributed by atoms with Gasteiger partial charge in [-0.3, -0.25) is 4.90 Å². The Bertz CT molecular complexity index is 299. The molecule has 0 radical (unpaired) electrons. The summed E-state index contributed by atoms with van der Waals surface area (Å²) < 4.78 is 0. The minimum absolute atomic E-state index is 0.343. The molecule has 1 aliphatic heterocycles. The number of nitrogens with zero attached hydrogens (tertiary/aromatic N) is 2. The fourth-order valence-electron chi connectivity index (χ4n) is 1.76. The van der Waals surface area contributed by atoms with E-state index in [1.807, 2.05) is 18.3 Å². The van der Waals surface area contributed by atoms with Crippen LogP contribution in [-0.2, 0) is 6.54 Å². The SMILES string of the molecule is N[C@H]1CCN(Cc2ccc(Cl)nc2)C1. The molecule has 1 aliphatic rings. The van der Waals surface area contributed by atoms with Crippen LogP contribution in [0.2, 0.25) is 5.15 Å². The van der Waals surface area contributed by atoms with Crippen LogP contribution in [0.15, 0.2) is 18.3 Å². The van der Waals surface area contributed by atoms with Gasteiger partial charge in [-0.05, 0) is 18.1 Å². The fourth-order valence-corrected chi connectivity index (χ4v) is 1.88. The maximum absolute atomic E-state index is 5.82. The van der Waals surface area contributed by atoms with Crippen molar-refractivity contribution in [3.8, 4) is 0 Å². The molecular formula is C10H14ClN3. The van der Waals surface area contributed by atoms with Crippen molar-refractivity contribution in [3.63, 3.8) is 0 Å². The third-order valence-electron chi connectivity index (χ3n) is 2.50. The van der Waals surface area contributed by atoms with Crippen LogP contribution < -0.4 is 5.73 Å². The molecule has 1 saturated heterocycles. The Hall–Kier alpha value is -0.640. The van der Waals surface area contributed by atoms with E-state index in [4.69, 9.17) is 17.3 Å². The molecule has 4 heteroatoms. The normalized spacial score (nSPS) is 22.9. The first-order valence-electron chi connectivity index (χ1n) is 4.82. The highest BCUT2D eigenvalue weighted by molar-refractivity contribution is 6.29. The highest BCUT2D eigenvalue weighted by Gasteiger charge is 2.18. The average molecular weight is 212 g/mol. The van der Waals surface area contributed by atoms with Gasteiger partial charge in [-0.15, -0.1) is 0 Å². The van der Waals surface area contributed by atoms with Crippen molar-refractivity contribution < 1.29 is 0 Å². The standard InChI is InChI=1S/C10H14ClN3/c11-10-2-1-8(5-13-10)6-14-4-3-9(12)7-14/h1-2,5,9H,3-4,6-7,12H2/t9-/m0/s1. The zero-order valence-corrected chi connectivity index (χ0v) is 8.74. The predicted octanol–water partition coefficient (Wildman–Crippen LogP) is 1.27. The number of halogens is 1. The van der Waals surface area contributed by atoms with E-state index in [1.54, 1.807) is 0 Å². The Labute approximate surface area is 88.9 Å². The minimum atomic E-state index is 0.343. The van der Waals surface area contributed by atoms with Crippen molar-refractivity contribution in [1.29, 1.82) is 0 Å². The van der Waals surface area contributed by atoms with E-state index in [0.29, 0.717) is 11.2 Å². The highest BCUT2D eigenvalue weighted by atomic mass is 35.5. The smallest absolute Gasteiger partial charge is 0.129 e. The maximum Gasteiger partial charge on any atom is 0.129 e. The summed E-state index contributed by atoms with van der Waals surface area (Å²) in [7, 11) is 0. The molecule has 1 fully saturated rings. The van der Waals surface area contributed by atoms with Gasteiger partial charge in [-0.25, -0.2) is 4.98 Å². The lowest BCUT2D eigenvalue weighted by molar-refractivity contribution is 0.326. The molecule has 2 rings (SSSR count). The van der Waals surface area contributed by atoms with Crippen molar-refractivity contribution in [3.05, 3.63) is 29.0 Å². The summed E-state index contributed by atoms with van der Waals surface area (Å²) in [5.74, 6) is 0. The van der Waals surface area contributed by atoms with Crippen LogP contribution >= 0.6 is 11.6 Å². The quantitative estimate of drug-likeness (QED) is 0.750. The Morgan fingerprint density at radius 2 is 2.43 bits per heavy atom. The van der Waals surface area contributed by atoms with Gasteiger partial charge >= 0.3 is 0 Å². The van der Waals surface area contributed by atoms with Gasteiger partial charge < -0.3 is 5.73 Å². The molecule has 1 atom stereocenters. The number of rotatable bonds is 2. The maximum atomic E-state index is 5.82. The van der Waals surface area contributed by atoms with Crippen molar-refractivity contribution >= 4 is 11.6 Å². The van der Waals surface area contributed by atoms with Gasteiger partial charge in [0.15, 0.2) is 0 Å². The van der Waals surface area contributed by atoms with Crippen molar-refractivity contribution in [1.82, 2.24) is 9.88 Å². The monoisotopic (exact) mass is 211 g/mol. The zero-order valence-electron chi connectivity index (χ0n) is 7.99. The molecule has 1 aromatic rings. The summed E-state index contributed by atoms with van der Waals surface area (Å²) in [5, 5.41) is 0.548. The predicted molar refractivity (Wildman–Crippen MR) is 57.1 cm³/mol. The molecule has 0 aliphatic carbocycles. The van der Waals surface area contributed by atoms with E-state index < -0.39 is 0 Å². The lowest BCUT2D eigenvalue weighted by atomic mass is 10.3. The van der Waals surface area contributed by atoms with Crippen molar-refractivity contribution in [2.75, 3.05) is 13.1 Å². The Morgan fingerprint density at radius 1 is 1.57 bits per heavy atom. The molecule has 0 unspecified atom stereocenters. The molecule has 0 bridgehead atoms. The van der Waals surface area contributed by atoms with E-state index in [1.165, 1.54) is 5.56 Å². The lowest BCUT2D eigenvalue weighted by Gasteiger charge is -2.14. The van der Waals surface area contributed by atoms with Gasteiger partial charge in [0.2, 0.25) is 0 Å². The van der Waals surface area contributed by atoms with Crippen LogP contribution in [0.1, 0.15) is 12.0 Å². The second-order valence-corrected chi connectivity index (χ2v) is 4.16. The number of hydrogen-bond acceptors (Lipinski definition) is 3. The number of hydrogen-bond donors (Lipinski definition) is 1. The van der Waals surface area contributed by atoms with E-state index in [9.17, 15) is 0 Å². The molecule has 0 aromatic carbocycles. The van der Waals surface area contributed by atoms with Crippen LogP contribution in [0.4, 0.5) is 0 Å². The molecule has 0 amide bonds. The number of likely N-dealkylation sites (tertiary alicyclic amines) is 1. The largest absolute Gasteiger partial charge is 0.326 e. The van der Waals surface area contributed by atoms with Gasteiger partial charge in [0, 0.05) is 31.9 Å². The topological polar surface area (TPSA) is 42.1 Å². The molecule has 2 heterocycles. The molecule has 1 aromatic heterocycles. The number of nitrogens with two attached hydrogens (primary N) is 1. The first-order valence-corrected chi connectivity index (χ1v) is 5.20. The average Bonchev–Trinajstić information content (AvgIpc) is 2.56. The molecule has 14 heavy (non-hydrogen) atoms. The second-order valence-electron chi connectivity index (χ2n) is 3.77. The first-order chi connectivity index (χ1) is 6.74. The molecular weight excluding hydrogens is 198 g/mol. The van der Waals surface area contributed by atoms with E-state index in [-0.39, 0.29) is 0 Å². The fraction of sp³-hybridized carbons (Fsp3) is 0.500. The van der Waals surface area contributed by atoms with Gasteiger partial charge in [0.1, 0.15) is 5.15 Å². The summed E-state index contributed by atoms with van der Waals surface area (Å²) in [6.45, 7) is 3.00. The molecule has 3 nitrogen and oxygen atoms in total. The van der Waals surface area contributed by atoms with E-state index in [2.05, 4.69) is 9.88 Å². The zero-order chi connectivity index (χ0) is 9.97. The summed E-state index contributed by atoms with van der Waals surface area (Å²) in [6.07, 6.45) is 2.92. The van der Waals surface area contributed by atoms with Crippen LogP contribution in [0.5, 0.6) is 0 Å². The number of aromatic nitrogens is 1. The Kier molecular flexibility index (Phi) is 3.01. The van der Waals surface area contributed by atoms with E-state index in [0.717, 1.165) is 26.1 Å². The van der Waals surface area contributed by atoms with Crippen LogP contribution in [-0.4, -0.2) is 29.0 Å². The first kappa shape index (κ1) is 9.90. The van der Waals surface area contributed by atoms with Gasteiger partial charge in [0.25, 0.3) is 0 Å². The van der Waals surface area contributed by atoms with Gasteiger partial charge in [0.05, 0.1) is 0 Å². The van der Waals surface area contributed by atoms with Gasteiger partial charge in [-0.1, -0.05) is 17.7 Å². The molecule has 0 spiro atoms. The highest BCUT2D eigenvalue weighted by Crippen LogP contribution is 2.12. The number of pyridine rings is 1. The summed E-state index contributed by atoms with van der Waals surface area (Å²) in [6, 6.07) is 4.18. The summed E-state index contributed by atoms with van der Waals surface area (Å²) in [5.41, 5.74) is 7.02. The third-order valence-corrected chi connectivity index (χ3v) is 2.73. The van der Waals surface area contributed by atoms with Crippen molar-refractivity contribution in [2.24, 2.45) is 5.73 Å². The van der Waals surface area contributed by atoms with Crippen molar-refractivity contribution in [2.45, 2.75) is 19.0 Å². The second kappa shape index (κ2) is 4.26. The Morgan fingerprint density at radius 3 is 3.00 bits per heavy atom. The van der Waals surface area contributed by atoms with Crippen LogP contribution in [0.25, 0.3) is 0 Å². The lowest BCUT2D eigenvalue weighted by Crippen LogP contribution is -2.26. The Balaban J connectivity index is 1.94. The van der Waals surface area contributed by atoms with Crippen LogP contribution in [0.3, 0.4) is 0 Å². The molecule has 0 saturated carbocycles. The molecule has 2 N–H and O–H groups in total. The van der Waals surface area contributed by atoms with E-state index >= 15 is 0 Å².